The van der Waals surface area contributed by atoms with Crippen LogP contribution in [0.1, 0.15) is 41.6 Å². The SMILES string of the molecule is C=CC(C(=O)CCC)c1cccc(C(=O)OC)c1[N+](=O)[O-]. The number of hydrogen-bond acceptors (Lipinski definition) is 5. The molecule has 21 heavy (non-hydrogen) atoms. The van der Waals surface area contributed by atoms with Crippen molar-refractivity contribution in [2.24, 2.45) is 0 Å². The van der Waals surface area contributed by atoms with E-state index in [9.17, 15) is 19.7 Å². The monoisotopic (exact) mass is 291 g/mol. The number of esters is 1. The predicted molar refractivity (Wildman–Crippen MR) is 77.3 cm³/mol. The number of carbonyl (C=O) groups is 2. The molecule has 1 aromatic rings. The van der Waals surface area contributed by atoms with Gasteiger partial charge in [0.25, 0.3) is 5.69 Å². The summed E-state index contributed by atoms with van der Waals surface area (Å²) in [5.41, 5.74) is -0.411. The van der Waals surface area contributed by atoms with Crippen molar-refractivity contribution < 1.29 is 19.2 Å². The zero-order chi connectivity index (χ0) is 16.0. The molecular weight excluding hydrogens is 274 g/mol. The average Bonchev–Trinajstić information content (AvgIpc) is 2.47. The Hall–Kier alpha value is -2.50. The Morgan fingerprint density at radius 3 is 2.62 bits per heavy atom. The van der Waals surface area contributed by atoms with E-state index in [1.165, 1.54) is 24.3 Å². The van der Waals surface area contributed by atoms with Crippen LogP contribution in [0.3, 0.4) is 0 Å². The number of ketones is 1. The van der Waals surface area contributed by atoms with E-state index >= 15 is 0 Å². The molecule has 0 spiro atoms. The Kier molecular flexibility index (Phi) is 5.78. The van der Waals surface area contributed by atoms with E-state index in [1.54, 1.807) is 0 Å². The predicted octanol–water partition coefficient (Wildman–Crippen LogP) is 3.02. The summed E-state index contributed by atoms with van der Waals surface area (Å²) < 4.78 is 4.55. The first-order chi connectivity index (χ1) is 9.97. The lowest BCUT2D eigenvalue weighted by atomic mass is 9.89. The number of allylic oxidation sites excluding steroid dienone is 1. The highest BCUT2D eigenvalue weighted by molar-refractivity contribution is 5.96. The molecule has 0 saturated carbocycles. The van der Waals surface area contributed by atoms with Crippen LogP contribution in [-0.4, -0.2) is 23.8 Å². The molecule has 0 aromatic heterocycles. The van der Waals surface area contributed by atoms with E-state index in [1.807, 2.05) is 6.92 Å². The van der Waals surface area contributed by atoms with Crippen LogP contribution in [0.25, 0.3) is 0 Å². The van der Waals surface area contributed by atoms with Crippen LogP contribution in [0.4, 0.5) is 5.69 Å². The zero-order valence-corrected chi connectivity index (χ0v) is 12.0. The van der Waals surface area contributed by atoms with E-state index in [2.05, 4.69) is 11.3 Å². The summed E-state index contributed by atoms with van der Waals surface area (Å²) in [5.74, 6) is -1.79. The van der Waals surface area contributed by atoms with Crippen LogP contribution in [0, 0.1) is 10.1 Å². The Bertz CT molecular complexity index is 579. The zero-order valence-electron chi connectivity index (χ0n) is 12.0. The van der Waals surface area contributed by atoms with Gasteiger partial charge in [0.1, 0.15) is 11.3 Å². The quantitative estimate of drug-likeness (QED) is 0.333. The summed E-state index contributed by atoms with van der Waals surface area (Å²) in [6.45, 7) is 5.42. The lowest BCUT2D eigenvalue weighted by Crippen LogP contribution is -2.14. The summed E-state index contributed by atoms with van der Waals surface area (Å²) in [6, 6.07) is 4.26. The molecule has 6 heteroatoms. The smallest absolute Gasteiger partial charge is 0.344 e. The molecule has 0 heterocycles. The lowest BCUT2D eigenvalue weighted by Gasteiger charge is -2.13. The van der Waals surface area contributed by atoms with Gasteiger partial charge in [0.2, 0.25) is 0 Å². The molecule has 0 amide bonds. The van der Waals surface area contributed by atoms with Gasteiger partial charge in [-0.25, -0.2) is 4.79 Å². The van der Waals surface area contributed by atoms with Crippen molar-refractivity contribution >= 4 is 17.4 Å². The summed E-state index contributed by atoms with van der Waals surface area (Å²) in [7, 11) is 1.14. The number of methoxy groups -OCH3 is 1. The fourth-order valence-electron chi connectivity index (χ4n) is 2.12. The van der Waals surface area contributed by atoms with Gasteiger partial charge in [0.05, 0.1) is 18.0 Å². The van der Waals surface area contributed by atoms with E-state index < -0.39 is 22.5 Å². The van der Waals surface area contributed by atoms with Crippen LogP contribution in [0.2, 0.25) is 0 Å². The summed E-state index contributed by atoms with van der Waals surface area (Å²) in [6.07, 6.45) is 2.28. The Morgan fingerprint density at radius 1 is 1.48 bits per heavy atom. The highest BCUT2D eigenvalue weighted by atomic mass is 16.6. The maximum absolute atomic E-state index is 12.1. The van der Waals surface area contributed by atoms with Crippen molar-refractivity contribution in [3.63, 3.8) is 0 Å². The largest absolute Gasteiger partial charge is 0.465 e. The minimum Gasteiger partial charge on any atom is -0.465 e. The van der Waals surface area contributed by atoms with Crippen LogP contribution in [-0.2, 0) is 9.53 Å². The molecule has 0 aliphatic heterocycles. The van der Waals surface area contributed by atoms with Crippen LogP contribution in [0.15, 0.2) is 30.9 Å². The van der Waals surface area contributed by atoms with Crippen molar-refractivity contribution in [3.8, 4) is 0 Å². The van der Waals surface area contributed by atoms with E-state index in [4.69, 9.17) is 0 Å². The molecule has 0 aliphatic carbocycles. The molecule has 0 aliphatic rings. The van der Waals surface area contributed by atoms with Gasteiger partial charge < -0.3 is 4.74 Å². The van der Waals surface area contributed by atoms with Gasteiger partial charge >= 0.3 is 5.97 Å². The number of nitrogens with zero attached hydrogens (tertiary/aromatic N) is 1. The lowest BCUT2D eigenvalue weighted by molar-refractivity contribution is -0.385. The van der Waals surface area contributed by atoms with Gasteiger partial charge in [-0.2, -0.15) is 0 Å². The number of nitro benzene ring substituents is 1. The van der Waals surface area contributed by atoms with Gasteiger partial charge in [-0.05, 0) is 12.5 Å². The first-order valence-corrected chi connectivity index (χ1v) is 6.48. The van der Waals surface area contributed by atoms with Gasteiger partial charge in [-0.15, -0.1) is 6.58 Å². The summed E-state index contributed by atoms with van der Waals surface area (Å²) in [4.78, 5) is 34.4. The van der Waals surface area contributed by atoms with Crippen molar-refractivity contribution in [1.29, 1.82) is 0 Å². The molecular formula is C15H17NO5. The van der Waals surface area contributed by atoms with Gasteiger partial charge in [0, 0.05) is 12.0 Å². The van der Waals surface area contributed by atoms with Gasteiger partial charge in [-0.1, -0.05) is 25.1 Å². The molecule has 0 radical (unpaired) electrons. The highest BCUT2D eigenvalue weighted by Gasteiger charge is 2.30. The molecule has 1 atom stereocenters. The number of carbonyl (C=O) groups excluding carboxylic acids is 2. The Balaban J connectivity index is 3.47. The van der Waals surface area contributed by atoms with Crippen LogP contribution >= 0.6 is 0 Å². The Labute approximate surface area is 122 Å². The number of hydrogen-bond donors (Lipinski definition) is 0. The van der Waals surface area contributed by atoms with E-state index in [0.717, 1.165) is 7.11 Å². The van der Waals surface area contributed by atoms with Crippen molar-refractivity contribution in [2.45, 2.75) is 25.7 Å². The van der Waals surface area contributed by atoms with Crippen LogP contribution in [0.5, 0.6) is 0 Å². The van der Waals surface area contributed by atoms with Crippen molar-refractivity contribution in [1.82, 2.24) is 0 Å². The molecule has 0 N–H and O–H groups in total. The third-order valence-electron chi connectivity index (χ3n) is 3.07. The number of ether oxygens (including phenoxy) is 1. The molecule has 0 fully saturated rings. The highest BCUT2D eigenvalue weighted by Crippen LogP contribution is 2.32. The summed E-state index contributed by atoms with van der Waals surface area (Å²) in [5, 5.41) is 11.3. The van der Waals surface area contributed by atoms with E-state index in [0.29, 0.717) is 6.42 Å². The average molecular weight is 291 g/mol. The Morgan fingerprint density at radius 2 is 2.14 bits per heavy atom. The van der Waals surface area contributed by atoms with Gasteiger partial charge in [0.15, 0.2) is 0 Å². The number of benzene rings is 1. The summed E-state index contributed by atoms with van der Waals surface area (Å²) >= 11 is 0. The molecule has 112 valence electrons. The van der Waals surface area contributed by atoms with E-state index in [-0.39, 0.29) is 23.3 Å². The fourth-order valence-corrected chi connectivity index (χ4v) is 2.12. The molecule has 1 rings (SSSR count). The van der Waals surface area contributed by atoms with Crippen LogP contribution < -0.4 is 0 Å². The third-order valence-corrected chi connectivity index (χ3v) is 3.07. The maximum Gasteiger partial charge on any atom is 0.344 e. The van der Waals surface area contributed by atoms with Gasteiger partial charge in [-0.3, -0.25) is 14.9 Å². The third kappa shape index (κ3) is 3.53. The second kappa shape index (κ2) is 7.33. The molecule has 1 aromatic carbocycles. The second-order valence-electron chi connectivity index (χ2n) is 4.42. The number of rotatable bonds is 7. The topological polar surface area (TPSA) is 86.5 Å². The molecule has 6 nitrogen and oxygen atoms in total. The van der Waals surface area contributed by atoms with Crippen molar-refractivity contribution in [2.75, 3.05) is 7.11 Å². The molecule has 1 unspecified atom stereocenters. The number of Topliss-reactive ketones (excluding diaryl/α,β-unsaturated/α-hetero) is 1. The minimum absolute atomic E-state index is 0.163. The minimum atomic E-state index is -0.811. The number of para-hydroxylation sites is 1. The molecule has 0 saturated heterocycles. The second-order valence-corrected chi connectivity index (χ2v) is 4.42. The van der Waals surface area contributed by atoms with Crippen molar-refractivity contribution in [3.05, 3.63) is 52.1 Å². The first-order valence-electron chi connectivity index (χ1n) is 6.48. The fraction of sp³-hybridized carbons (Fsp3) is 0.333. The standard InChI is InChI=1S/C15H17NO5/c1-4-7-13(17)10(5-2)11-8-6-9-12(15(18)21-3)14(11)16(19)20/h5-6,8-10H,2,4,7H2,1,3H3. The maximum atomic E-state index is 12.1. The number of nitro groups is 1. The normalized spacial score (nSPS) is 11.5. The first kappa shape index (κ1) is 16.6. The molecule has 0 bridgehead atoms.